The number of nitrogens with one attached hydrogen (secondary N) is 1. The SMILES string of the molecule is CCc1nnc2c(=O)n(CC(=O)Nc3ccc(Cl)cc3C(F)(F)F)c3ccccc3n12. The Hall–Kier alpha value is -3.40. The first kappa shape index (κ1) is 20.9. The van der Waals surface area contributed by atoms with Crippen molar-refractivity contribution in [2.24, 2.45) is 0 Å². The van der Waals surface area contributed by atoms with Crippen molar-refractivity contribution in [1.82, 2.24) is 19.2 Å². The summed E-state index contributed by atoms with van der Waals surface area (Å²) >= 11 is 5.67. The van der Waals surface area contributed by atoms with Crippen LogP contribution in [0.2, 0.25) is 5.02 Å². The van der Waals surface area contributed by atoms with Gasteiger partial charge in [-0.15, -0.1) is 10.2 Å². The maximum Gasteiger partial charge on any atom is 0.418 e. The number of carbonyl (C=O) groups excluding carboxylic acids is 1. The molecule has 4 rings (SSSR count). The van der Waals surface area contributed by atoms with Gasteiger partial charge in [0.15, 0.2) is 0 Å². The van der Waals surface area contributed by atoms with Gasteiger partial charge in [-0.2, -0.15) is 13.2 Å². The largest absolute Gasteiger partial charge is 0.418 e. The van der Waals surface area contributed by atoms with Crippen LogP contribution in [0.5, 0.6) is 0 Å². The summed E-state index contributed by atoms with van der Waals surface area (Å²) in [5.74, 6) is -0.226. The Kier molecular flexibility index (Phi) is 5.18. The zero-order valence-electron chi connectivity index (χ0n) is 16.1. The van der Waals surface area contributed by atoms with E-state index in [0.717, 1.165) is 16.7 Å². The fourth-order valence-corrected chi connectivity index (χ4v) is 3.57. The predicted octanol–water partition coefficient (Wildman–Crippen LogP) is 3.92. The topological polar surface area (TPSA) is 81.3 Å². The normalized spacial score (nSPS) is 11.9. The quantitative estimate of drug-likeness (QED) is 0.512. The molecule has 160 valence electrons. The zero-order chi connectivity index (χ0) is 22.3. The third kappa shape index (κ3) is 3.74. The lowest BCUT2D eigenvalue weighted by atomic mass is 10.1. The van der Waals surface area contributed by atoms with Crippen molar-refractivity contribution in [3.8, 4) is 0 Å². The van der Waals surface area contributed by atoms with Crippen molar-refractivity contribution < 1.29 is 18.0 Å². The number of nitrogens with zero attached hydrogens (tertiary/aromatic N) is 4. The van der Waals surface area contributed by atoms with Crippen molar-refractivity contribution in [1.29, 1.82) is 0 Å². The summed E-state index contributed by atoms with van der Waals surface area (Å²) < 4.78 is 42.7. The minimum Gasteiger partial charge on any atom is -0.324 e. The van der Waals surface area contributed by atoms with Gasteiger partial charge in [0.2, 0.25) is 11.6 Å². The highest BCUT2D eigenvalue weighted by Crippen LogP contribution is 2.36. The summed E-state index contributed by atoms with van der Waals surface area (Å²) in [4.78, 5) is 25.6. The Morgan fingerprint density at radius 1 is 1.13 bits per heavy atom. The molecule has 0 unspecified atom stereocenters. The van der Waals surface area contributed by atoms with Crippen LogP contribution in [0.15, 0.2) is 47.3 Å². The molecule has 0 radical (unpaired) electrons. The number of aromatic nitrogens is 4. The van der Waals surface area contributed by atoms with E-state index in [-0.39, 0.29) is 10.7 Å². The maximum absolute atomic E-state index is 13.3. The van der Waals surface area contributed by atoms with E-state index < -0.39 is 35.4 Å². The minimum atomic E-state index is -4.71. The molecular formula is C20H15ClF3N5O2. The number of anilines is 1. The minimum absolute atomic E-state index is 0.0332. The van der Waals surface area contributed by atoms with Gasteiger partial charge in [-0.1, -0.05) is 30.7 Å². The Morgan fingerprint density at radius 2 is 1.84 bits per heavy atom. The number of fused-ring (bicyclic) bond motifs is 3. The summed E-state index contributed by atoms with van der Waals surface area (Å²) in [7, 11) is 0. The molecule has 0 fully saturated rings. The van der Waals surface area contributed by atoms with E-state index in [4.69, 9.17) is 11.6 Å². The maximum atomic E-state index is 13.3. The van der Waals surface area contributed by atoms with Crippen molar-refractivity contribution in [2.45, 2.75) is 26.1 Å². The first-order valence-electron chi connectivity index (χ1n) is 9.23. The highest BCUT2D eigenvalue weighted by Gasteiger charge is 2.34. The van der Waals surface area contributed by atoms with Crippen molar-refractivity contribution in [3.63, 3.8) is 0 Å². The number of para-hydroxylation sites is 2. The van der Waals surface area contributed by atoms with E-state index in [1.807, 2.05) is 6.92 Å². The molecule has 0 atom stereocenters. The Bertz CT molecular complexity index is 1380. The zero-order valence-corrected chi connectivity index (χ0v) is 16.8. The van der Waals surface area contributed by atoms with E-state index in [2.05, 4.69) is 15.5 Å². The first-order chi connectivity index (χ1) is 14.7. The van der Waals surface area contributed by atoms with Gasteiger partial charge in [-0.25, -0.2) is 0 Å². The second-order valence-corrected chi connectivity index (χ2v) is 7.18. The molecule has 1 amide bonds. The highest BCUT2D eigenvalue weighted by atomic mass is 35.5. The number of hydrogen-bond donors (Lipinski definition) is 1. The molecule has 2 aromatic carbocycles. The van der Waals surface area contributed by atoms with Crippen LogP contribution in [0.4, 0.5) is 18.9 Å². The lowest BCUT2D eigenvalue weighted by molar-refractivity contribution is -0.137. The van der Waals surface area contributed by atoms with Crippen molar-refractivity contribution in [3.05, 3.63) is 69.2 Å². The molecule has 4 aromatic rings. The number of benzene rings is 2. The summed E-state index contributed by atoms with van der Waals surface area (Å²) in [6.07, 6.45) is -4.18. The summed E-state index contributed by atoms with van der Waals surface area (Å²) in [6, 6.07) is 9.89. The van der Waals surface area contributed by atoms with Crippen LogP contribution >= 0.6 is 11.6 Å². The van der Waals surface area contributed by atoms with Crippen LogP contribution < -0.4 is 10.9 Å². The molecule has 0 aliphatic carbocycles. The molecule has 0 spiro atoms. The summed E-state index contributed by atoms with van der Waals surface area (Å²) in [5.41, 5.74) is -1.04. The molecule has 31 heavy (non-hydrogen) atoms. The second-order valence-electron chi connectivity index (χ2n) is 6.74. The highest BCUT2D eigenvalue weighted by molar-refractivity contribution is 6.30. The van der Waals surface area contributed by atoms with Crippen LogP contribution in [0.3, 0.4) is 0 Å². The van der Waals surface area contributed by atoms with Crippen LogP contribution in [0, 0.1) is 0 Å². The average molecular weight is 450 g/mol. The number of alkyl halides is 3. The smallest absolute Gasteiger partial charge is 0.324 e. The molecule has 7 nitrogen and oxygen atoms in total. The van der Waals surface area contributed by atoms with E-state index in [0.29, 0.717) is 23.3 Å². The van der Waals surface area contributed by atoms with Crippen LogP contribution in [-0.4, -0.2) is 25.1 Å². The van der Waals surface area contributed by atoms with Crippen molar-refractivity contribution >= 4 is 39.9 Å². The number of aryl methyl sites for hydroxylation is 1. The predicted molar refractivity (Wildman–Crippen MR) is 109 cm³/mol. The monoisotopic (exact) mass is 449 g/mol. The van der Waals surface area contributed by atoms with Gasteiger partial charge in [0.25, 0.3) is 5.56 Å². The Labute approximate surface area is 178 Å². The van der Waals surface area contributed by atoms with Gasteiger partial charge in [-0.05, 0) is 30.3 Å². The number of hydrogen-bond acceptors (Lipinski definition) is 4. The van der Waals surface area contributed by atoms with Gasteiger partial charge in [-0.3, -0.25) is 18.6 Å². The Balaban J connectivity index is 1.77. The molecule has 0 saturated carbocycles. The first-order valence-corrected chi connectivity index (χ1v) is 9.60. The van der Waals surface area contributed by atoms with Gasteiger partial charge < -0.3 is 5.32 Å². The molecule has 0 bridgehead atoms. The van der Waals surface area contributed by atoms with E-state index >= 15 is 0 Å². The van der Waals surface area contributed by atoms with Gasteiger partial charge >= 0.3 is 6.18 Å². The van der Waals surface area contributed by atoms with Crippen LogP contribution in [0.1, 0.15) is 18.3 Å². The molecular weight excluding hydrogens is 435 g/mol. The lowest BCUT2D eigenvalue weighted by Crippen LogP contribution is -2.30. The van der Waals surface area contributed by atoms with Crippen LogP contribution in [-0.2, 0) is 23.9 Å². The standard InChI is InChI=1S/C20H15ClF3N5O2/c1-2-16-26-27-18-19(31)28(14-5-3-4-6-15(14)29(16)18)10-17(30)25-13-8-7-11(21)9-12(13)20(22,23)24/h3-9H,2,10H2,1H3,(H,25,30). The van der Waals surface area contributed by atoms with Crippen molar-refractivity contribution in [2.75, 3.05) is 5.32 Å². The summed E-state index contributed by atoms with van der Waals surface area (Å²) in [6.45, 7) is 1.36. The lowest BCUT2D eigenvalue weighted by Gasteiger charge is -2.16. The number of halogens is 4. The third-order valence-electron chi connectivity index (χ3n) is 4.76. The molecule has 2 heterocycles. The fraction of sp³-hybridized carbons (Fsp3) is 0.200. The van der Waals surface area contributed by atoms with Gasteiger partial charge in [0.05, 0.1) is 22.3 Å². The number of rotatable bonds is 4. The average Bonchev–Trinajstić information content (AvgIpc) is 3.16. The Morgan fingerprint density at radius 3 is 2.52 bits per heavy atom. The van der Waals surface area contributed by atoms with E-state index in [1.54, 1.807) is 28.7 Å². The second kappa shape index (κ2) is 7.69. The molecule has 0 aliphatic rings. The number of amides is 1. The fourth-order valence-electron chi connectivity index (χ4n) is 3.40. The molecule has 2 aromatic heterocycles. The number of carbonyl (C=O) groups is 1. The molecule has 1 N–H and O–H groups in total. The third-order valence-corrected chi connectivity index (χ3v) is 4.99. The van der Waals surface area contributed by atoms with Gasteiger partial charge in [0, 0.05) is 11.4 Å². The van der Waals surface area contributed by atoms with E-state index in [9.17, 15) is 22.8 Å². The van der Waals surface area contributed by atoms with Crippen LogP contribution in [0.25, 0.3) is 16.7 Å². The summed E-state index contributed by atoms with van der Waals surface area (Å²) in [5, 5.41) is 10.1. The molecule has 0 saturated heterocycles. The molecule has 11 heteroatoms. The van der Waals surface area contributed by atoms with E-state index in [1.165, 1.54) is 6.07 Å². The molecule has 0 aliphatic heterocycles. The van der Waals surface area contributed by atoms with Gasteiger partial charge in [0.1, 0.15) is 12.4 Å².